The SMILES string of the molecule is O=S(=O)(CCNS(=O)(=O)c1ccc2c(c1)OCCO2)Nc1ccn2nccc2c1. The number of nitrogens with one attached hydrogen (secondary N) is 2. The number of pyridine rings is 1. The number of hydrogen-bond acceptors (Lipinski definition) is 7. The molecule has 0 bridgehead atoms. The van der Waals surface area contributed by atoms with Gasteiger partial charge in [-0.3, -0.25) is 4.72 Å². The second-order valence-corrected chi connectivity index (χ2v) is 9.85. The van der Waals surface area contributed by atoms with Gasteiger partial charge < -0.3 is 9.47 Å². The molecule has 0 saturated carbocycles. The van der Waals surface area contributed by atoms with Crippen molar-refractivity contribution in [2.24, 2.45) is 0 Å². The number of benzene rings is 1. The molecular formula is C17H18N4O6S2. The molecule has 0 unspecified atom stereocenters. The van der Waals surface area contributed by atoms with Crippen LogP contribution in [0.5, 0.6) is 11.5 Å². The maximum absolute atomic E-state index is 12.4. The molecule has 1 aromatic carbocycles. The first-order chi connectivity index (χ1) is 13.8. The number of nitrogens with zero attached hydrogens (tertiary/aromatic N) is 2. The van der Waals surface area contributed by atoms with Crippen LogP contribution in [0.25, 0.3) is 5.52 Å². The van der Waals surface area contributed by atoms with Crippen molar-refractivity contribution < 1.29 is 26.3 Å². The van der Waals surface area contributed by atoms with Crippen molar-refractivity contribution >= 4 is 31.3 Å². The summed E-state index contributed by atoms with van der Waals surface area (Å²) in [4.78, 5) is -0.0294. The van der Waals surface area contributed by atoms with E-state index in [1.54, 1.807) is 35.1 Å². The lowest BCUT2D eigenvalue weighted by Gasteiger charge is -2.19. The Kier molecular flexibility index (Phi) is 5.06. The molecule has 29 heavy (non-hydrogen) atoms. The summed E-state index contributed by atoms with van der Waals surface area (Å²) in [5.74, 6) is 0.377. The summed E-state index contributed by atoms with van der Waals surface area (Å²) in [7, 11) is -7.66. The second-order valence-electron chi connectivity index (χ2n) is 6.24. The Morgan fingerprint density at radius 3 is 2.62 bits per heavy atom. The predicted octanol–water partition coefficient (Wildman–Crippen LogP) is 0.826. The summed E-state index contributed by atoms with van der Waals surface area (Å²) < 4.78 is 66.5. The van der Waals surface area contributed by atoms with E-state index in [-0.39, 0.29) is 11.4 Å². The number of hydrogen-bond donors (Lipinski definition) is 2. The highest BCUT2D eigenvalue weighted by molar-refractivity contribution is 7.92. The van der Waals surface area contributed by atoms with Gasteiger partial charge in [0, 0.05) is 25.0 Å². The fourth-order valence-electron chi connectivity index (χ4n) is 2.80. The lowest BCUT2D eigenvalue weighted by atomic mass is 10.3. The topological polar surface area (TPSA) is 128 Å². The third kappa shape index (κ3) is 4.44. The first-order valence-electron chi connectivity index (χ1n) is 8.66. The highest BCUT2D eigenvalue weighted by atomic mass is 32.2. The summed E-state index contributed by atoms with van der Waals surface area (Å²) in [5.41, 5.74) is 1.09. The third-order valence-electron chi connectivity index (χ3n) is 4.16. The van der Waals surface area contributed by atoms with Gasteiger partial charge in [0.15, 0.2) is 11.5 Å². The van der Waals surface area contributed by atoms with Gasteiger partial charge >= 0.3 is 0 Å². The van der Waals surface area contributed by atoms with Crippen LogP contribution in [0.4, 0.5) is 5.69 Å². The molecule has 1 aliphatic heterocycles. The molecule has 3 aromatic rings. The predicted molar refractivity (Wildman–Crippen MR) is 105 cm³/mol. The van der Waals surface area contributed by atoms with Gasteiger partial charge in [0.25, 0.3) is 0 Å². The number of aromatic nitrogens is 2. The third-order valence-corrected chi connectivity index (χ3v) is 6.91. The van der Waals surface area contributed by atoms with Crippen LogP contribution in [0.1, 0.15) is 0 Å². The summed E-state index contributed by atoms with van der Waals surface area (Å²) in [6.07, 6.45) is 3.22. The molecule has 1 aliphatic rings. The Bertz CT molecular complexity index is 1250. The molecule has 0 saturated heterocycles. The zero-order valence-electron chi connectivity index (χ0n) is 15.1. The first-order valence-corrected chi connectivity index (χ1v) is 11.8. The fraction of sp³-hybridized carbons (Fsp3) is 0.235. The molecule has 0 radical (unpaired) electrons. The summed E-state index contributed by atoms with van der Waals surface area (Å²) in [6, 6.07) is 9.17. The highest BCUT2D eigenvalue weighted by Gasteiger charge is 2.20. The number of ether oxygens (including phenoxy) is 2. The Morgan fingerprint density at radius 2 is 1.79 bits per heavy atom. The van der Waals surface area contributed by atoms with Gasteiger partial charge in [-0.15, -0.1) is 0 Å². The van der Waals surface area contributed by atoms with E-state index in [4.69, 9.17) is 9.47 Å². The quantitative estimate of drug-likeness (QED) is 0.559. The fourth-order valence-corrected chi connectivity index (χ4v) is 4.94. The van der Waals surface area contributed by atoms with Crippen molar-refractivity contribution in [3.63, 3.8) is 0 Å². The molecular weight excluding hydrogens is 420 g/mol. The standard InChI is InChI=1S/C17H18N4O6S2/c22-28(23,20-13-4-7-21-14(11-13)3-5-18-21)10-6-19-29(24,25)15-1-2-16-17(12-15)27-9-8-26-16/h1-5,7,11-12,19-20H,6,8-10H2. The van der Waals surface area contributed by atoms with Gasteiger partial charge in [-0.05, 0) is 30.3 Å². The smallest absolute Gasteiger partial charge is 0.240 e. The van der Waals surface area contributed by atoms with E-state index >= 15 is 0 Å². The molecule has 2 aromatic heterocycles. The van der Waals surface area contributed by atoms with Crippen LogP contribution in [-0.4, -0.2) is 52.0 Å². The van der Waals surface area contributed by atoms with Gasteiger partial charge in [-0.25, -0.2) is 26.1 Å². The van der Waals surface area contributed by atoms with Gasteiger partial charge in [-0.1, -0.05) is 0 Å². The average molecular weight is 438 g/mol. The van der Waals surface area contributed by atoms with E-state index in [9.17, 15) is 16.8 Å². The van der Waals surface area contributed by atoms with Crippen molar-refractivity contribution in [3.05, 3.63) is 48.8 Å². The molecule has 10 nitrogen and oxygen atoms in total. The zero-order chi connectivity index (χ0) is 20.5. The summed E-state index contributed by atoms with van der Waals surface area (Å²) >= 11 is 0. The van der Waals surface area contributed by atoms with Gasteiger partial charge in [0.2, 0.25) is 20.0 Å². The van der Waals surface area contributed by atoms with Crippen LogP contribution in [0.3, 0.4) is 0 Å². The van der Waals surface area contributed by atoms with Crippen LogP contribution < -0.4 is 18.9 Å². The molecule has 0 amide bonds. The Hall–Kier alpha value is -2.83. The van der Waals surface area contributed by atoms with E-state index in [0.717, 1.165) is 5.52 Å². The molecule has 0 spiro atoms. The minimum atomic E-state index is -3.90. The number of fused-ring (bicyclic) bond motifs is 2. The van der Waals surface area contributed by atoms with Gasteiger partial charge in [-0.2, -0.15) is 5.10 Å². The van der Waals surface area contributed by atoms with E-state index in [1.165, 1.54) is 18.2 Å². The lowest BCUT2D eigenvalue weighted by Crippen LogP contribution is -2.31. The molecule has 4 rings (SSSR count). The highest BCUT2D eigenvalue weighted by Crippen LogP contribution is 2.32. The second kappa shape index (κ2) is 7.54. The van der Waals surface area contributed by atoms with Crippen molar-refractivity contribution in [3.8, 4) is 11.5 Å². The molecule has 0 aliphatic carbocycles. The minimum absolute atomic E-state index is 0.0294. The molecule has 0 fully saturated rings. The van der Waals surface area contributed by atoms with Crippen molar-refractivity contribution in [1.29, 1.82) is 0 Å². The Labute approximate surface area is 167 Å². The summed E-state index contributed by atoms with van der Waals surface area (Å²) in [6.45, 7) is 0.441. The average Bonchev–Trinajstić information content (AvgIpc) is 3.14. The van der Waals surface area contributed by atoms with Crippen LogP contribution in [0.15, 0.2) is 53.7 Å². The Morgan fingerprint density at radius 1 is 1.00 bits per heavy atom. The van der Waals surface area contributed by atoms with E-state index < -0.39 is 25.8 Å². The van der Waals surface area contributed by atoms with E-state index in [1.807, 2.05) is 0 Å². The molecule has 3 heterocycles. The van der Waals surface area contributed by atoms with Gasteiger partial charge in [0.1, 0.15) is 13.2 Å². The summed E-state index contributed by atoms with van der Waals surface area (Å²) in [5, 5.41) is 4.03. The minimum Gasteiger partial charge on any atom is -0.486 e. The zero-order valence-corrected chi connectivity index (χ0v) is 16.7. The first kappa shape index (κ1) is 19.5. The number of sulfonamides is 2. The van der Waals surface area contributed by atoms with E-state index in [0.29, 0.717) is 30.4 Å². The molecule has 0 atom stereocenters. The van der Waals surface area contributed by atoms with Crippen LogP contribution in [0, 0.1) is 0 Å². The van der Waals surface area contributed by atoms with Crippen molar-refractivity contribution in [2.45, 2.75) is 4.90 Å². The Balaban J connectivity index is 1.39. The van der Waals surface area contributed by atoms with Gasteiger partial charge in [0.05, 0.1) is 21.9 Å². The van der Waals surface area contributed by atoms with Crippen LogP contribution in [0.2, 0.25) is 0 Å². The van der Waals surface area contributed by atoms with Crippen molar-refractivity contribution in [2.75, 3.05) is 30.2 Å². The lowest BCUT2D eigenvalue weighted by molar-refractivity contribution is 0.171. The monoisotopic (exact) mass is 438 g/mol. The van der Waals surface area contributed by atoms with E-state index in [2.05, 4.69) is 14.5 Å². The van der Waals surface area contributed by atoms with Crippen LogP contribution >= 0.6 is 0 Å². The maximum atomic E-state index is 12.4. The molecule has 154 valence electrons. The normalized spacial score (nSPS) is 14.1. The largest absolute Gasteiger partial charge is 0.486 e. The van der Waals surface area contributed by atoms with Crippen LogP contribution in [-0.2, 0) is 20.0 Å². The van der Waals surface area contributed by atoms with Crippen molar-refractivity contribution in [1.82, 2.24) is 14.3 Å². The molecule has 12 heteroatoms. The number of rotatable bonds is 7. The number of anilines is 1. The maximum Gasteiger partial charge on any atom is 0.240 e. The molecule has 2 N–H and O–H groups in total.